The van der Waals surface area contributed by atoms with E-state index in [9.17, 15) is 20.2 Å². The first-order valence-corrected chi connectivity index (χ1v) is 11.5. The third-order valence-electron chi connectivity index (χ3n) is 5.55. The van der Waals surface area contributed by atoms with E-state index in [1.807, 2.05) is 43.3 Å². The van der Waals surface area contributed by atoms with E-state index >= 15 is 0 Å². The van der Waals surface area contributed by atoms with E-state index in [1.54, 1.807) is 42.5 Å². The Balaban J connectivity index is 1.62. The summed E-state index contributed by atoms with van der Waals surface area (Å²) in [5.74, 6) is 0.599. The predicted octanol–water partition coefficient (Wildman–Crippen LogP) is 6.27. The summed E-state index contributed by atoms with van der Waals surface area (Å²) in [4.78, 5) is 23.4. The van der Waals surface area contributed by atoms with Crippen molar-refractivity contribution < 1.29 is 19.2 Å². The Kier molecular flexibility index (Phi) is 7.76. The molecule has 0 heterocycles. The highest BCUT2D eigenvalue weighted by molar-refractivity contribution is 6.11. The molecule has 0 aliphatic heterocycles. The van der Waals surface area contributed by atoms with Crippen LogP contribution in [0.15, 0.2) is 90.5 Å². The highest BCUT2D eigenvalue weighted by atomic mass is 16.6. The first kappa shape index (κ1) is 24.9. The van der Waals surface area contributed by atoms with E-state index in [0.717, 1.165) is 16.3 Å². The van der Waals surface area contributed by atoms with Crippen molar-refractivity contribution in [3.63, 3.8) is 0 Å². The number of fused-ring (bicyclic) bond motifs is 1. The van der Waals surface area contributed by atoms with Gasteiger partial charge in [0.25, 0.3) is 11.6 Å². The van der Waals surface area contributed by atoms with Crippen LogP contribution in [0.1, 0.15) is 18.1 Å². The molecule has 0 fully saturated rings. The Morgan fingerprint density at radius 1 is 1.00 bits per heavy atom. The largest absolute Gasteiger partial charge is 0.494 e. The number of carbonyl (C=O) groups is 1. The van der Waals surface area contributed by atoms with Crippen LogP contribution in [0.4, 0.5) is 11.4 Å². The molecule has 4 rings (SSSR count). The zero-order valence-electron chi connectivity index (χ0n) is 20.0. The smallest absolute Gasteiger partial charge is 0.269 e. The third kappa shape index (κ3) is 6.10. The Hall–Kier alpha value is -5.16. The lowest BCUT2D eigenvalue weighted by Crippen LogP contribution is -2.13. The molecule has 0 saturated carbocycles. The van der Waals surface area contributed by atoms with E-state index in [4.69, 9.17) is 9.47 Å². The lowest BCUT2D eigenvalue weighted by molar-refractivity contribution is -0.384. The summed E-state index contributed by atoms with van der Waals surface area (Å²) in [5, 5.41) is 25.2. The molecule has 0 bridgehead atoms. The number of nitrogens with one attached hydrogen (secondary N) is 1. The number of anilines is 1. The monoisotopic (exact) mass is 493 g/mol. The number of rotatable bonds is 9. The highest BCUT2D eigenvalue weighted by Crippen LogP contribution is 2.31. The minimum atomic E-state index is -0.555. The van der Waals surface area contributed by atoms with Crippen molar-refractivity contribution in [1.82, 2.24) is 0 Å². The van der Waals surface area contributed by atoms with Crippen molar-refractivity contribution in [1.29, 1.82) is 5.26 Å². The number of nitrogens with zero attached hydrogens (tertiary/aromatic N) is 2. The molecule has 1 amide bonds. The van der Waals surface area contributed by atoms with Crippen molar-refractivity contribution >= 4 is 34.1 Å². The number of hydrogen-bond acceptors (Lipinski definition) is 6. The van der Waals surface area contributed by atoms with Gasteiger partial charge in [0, 0.05) is 23.4 Å². The molecule has 184 valence electrons. The van der Waals surface area contributed by atoms with Crippen molar-refractivity contribution in [3.8, 4) is 17.6 Å². The van der Waals surface area contributed by atoms with Gasteiger partial charge < -0.3 is 14.8 Å². The Labute approximate surface area is 213 Å². The fraction of sp³-hybridized carbons (Fsp3) is 0.103. The van der Waals surface area contributed by atoms with Gasteiger partial charge in [-0.15, -0.1) is 0 Å². The molecule has 1 N–H and O–H groups in total. The maximum atomic E-state index is 12.9. The molecular formula is C29H23N3O5. The second kappa shape index (κ2) is 11.5. The number of non-ortho nitro benzene ring substituents is 1. The normalized spacial score (nSPS) is 11.0. The Morgan fingerprint density at radius 3 is 2.41 bits per heavy atom. The average Bonchev–Trinajstić information content (AvgIpc) is 2.92. The third-order valence-corrected chi connectivity index (χ3v) is 5.55. The van der Waals surface area contributed by atoms with Crippen LogP contribution in [0.5, 0.6) is 11.5 Å². The zero-order chi connectivity index (χ0) is 26.2. The summed E-state index contributed by atoms with van der Waals surface area (Å²) in [6.07, 6.45) is 1.51. The van der Waals surface area contributed by atoms with Crippen LogP contribution in [0.25, 0.3) is 16.8 Å². The van der Waals surface area contributed by atoms with E-state index in [-0.39, 0.29) is 17.9 Å². The van der Waals surface area contributed by atoms with Crippen LogP contribution < -0.4 is 14.8 Å². The lowest BCUT2D eigenvalue weighted by Gasteiger charge is -2.13. The van der Waals surface area contributed by atoms with Gasteiger partial charge in [-0.25, -0.2) is 0 Å². The van der Waals surface area contributed by atoms with Gasteiger partial charge in [0.05, 0.1) is 11.5 Å². The number of carbonyl (C=O) groups excluding carboxylic acids is 1. The second-order valence-corrected chi connectivity index (χ2v) is 7.99. The van der Waals surface area contributed by atoms with Gasteiger partial charge >= 0.3 is 0 Å². The van der Waals surface area contributed by atoms with Crippen molar-refractivity contribution in [3.05, 3.63) is 112 Å². The van der Waals surface area contributed by atoms with Gasteiger partial charge in [-0.3, -0.25) is 14.9 Å². The number of nitro groups is 1. The van der Waals surface area contributed by atoms with Gasteiger partial charge in [-0.2, -0.15) is 5.26 Å². The van der Waals surface area contributed by atoms with E-state index in [0.29, 0.717) is 29.4 Å². The molecule has 0 aliphatic carbocycles. The van der Waals surface area contributed by atoms with Gasteiger partial charge in [-0.05, 0) is 71.8 Å². The van der Waals surface area contributed by atoms with Crippen LogP contribution in [0.3, 0.4) is 0 Å². The van der Waals surface area contributed by atoms with E-state index < -0.39 is 10.8 Å². The maximum Gasteiger partial charge on any atom is 0.269 e. The molecule has 0 aromatic heterocycles. The first-order valence-electron chi connectivity index (χ1n) is 11.5. The van der Waals surface area contributed by atoms with Crippen molar-refractivity contribution in [2.24, 2.45) is 0 Å². The van der Waals surface area contributed by atoms with E-state index in [1.165, 1.54) is 18.2 Å². The highest BCUT2D eigenvalue weighted by Gasteiger charge is 2.14. The number of hydrogen-bond donors (Lipinski definition) is 1. The molecular weight excluding hydrogens is 470 g/mol. The molecule has 0 unspecified atom stereocenters. The minimum absolute atomic E-state index is 0.00437. The Bertz CT molecular complexity index is 1500. The predicted molar refractivity (Wildman–Crippen MR) is 141 cm³/mol. The van der Waals surface area contributed by atoms with Crippen LogP contribution in [0.2, 0.25) is 0 Å². The van der Waals surface area contributed by atoms with E-state index in [2.05, 4.69) is 5.32 Å². The fourth-order valence-electron chi connectivity index (χ4n) is 3.72. The standard InChI is InChI=1S/C29H23N3O5/c1-2-36-25-14-10-23(11-15-25)31-29(33)22(18-30)17-27-26-6-4-3-5-21(26)9-16-28(27)37-19-20-7-12-24(13-8-20)32(34)35/h3-17H,2,19H2,1H3,(H,31,33)/b22-17-. The molecule has 4 aromatic carbocycles. The summed E-state index contributed by atoms with van der Waals surface area (Å²) in [6, 6.07) is 26.2. The SMILES string of the molecule is CCOc1ccc(NC(=O)/C(C#N)=C\c2c(OCc3ccc([N+](=O)[O-])cc3)ccc3ccccc23)cc1. The van der Waals surface area contributed by atoms with Crippen LogP contribution in [0, 0.1) is 21.4 Å². The molecule has 0 saturated heterocycles. The Morgan fingerprint density at radius 2 is 1.73 bits per heavy atom. The fourth-order valence-corrected chi connectivity index (χ4v) is 3.72. The minimum Gasteiger partial charge on any atom is -0.494 e. The van der Waals surface area contributed by atoms with Crippen molar-refractivity contribution in [2.45, 2.75) is 13.5 Å². The molecule has 0 atom stereocenters. The molecule has 0 radical (unpaired) electrons. The second-order valence-electron chi connectivity index (χ2n) is 7.99. The molecule has 0 aliphatic rings. The number of nitriles is 1. The average molecular weight is 494 g/mol. The number of ether oxygens (including phenoxy) is 2. The molecule has 4 aromatic rings. The van der Waals surface area contributed by atoms with Crippen LogP contribution in [-0.4, -0.2) is 17.4 Å². The maximum absolute atomic E-state index is 12.9. The summed E-state index contributed by atoms with van der Waals surface area (Å²) in [7, 11) is 0. The molecule has 0 spiro atoms. The number of nitro benzene ring substituents is 1. The summed E-state index contributed by atoms with van der Waals surface area (Å²) in [6.45, 7) is 2.57. The summed E-state index contributed by atoms with van der Waals surface area (Å²) >= 11 is 0. The number of amides is 1. The quantitative estimate of drug-likeness (QED) is 0.127. The van der Waals surface area contributed by atoms with Gasteiger partial charge in [0.2, 0.25) is 0 Å². The lowest BCUT2D eigenvalue weighted by atomic mass is 10.0. The van der Waals surface area contributed by atoms with Crippen molar-refractivity contribution in [2.75, 3.05) is 11.9 Å². The van der Waals surface area contributed by atoms with Gasteiger partial charge in [-0.1, -0.05) is 30.3 Å². The summed E-state index contributed by atoms with van der Waals surface area (Å²) in [5.41, 5.74) is 1.75. The first-order chi connectivity index (χ1) is 18.0. The zero-order valence-corrected chi connectivity index (χ0v) is 20.0. The summed E-state index contributed by atoms with van der Waals surface area (Å²) < 4.78 is 11.5. The number of benzene rings is 4. The van der Waals surface area contributed by atoms with Crippen LogP contribution >= 0.6 is 0 Å². The van der Waals surface area contributed by atoms with Gasteiger partial charge in [0.15, 0.2) is 0 Å². The topological polar surface area (TPSA) is 114 Å². The van der Waals surface area contributed by atoms with Gasteiger partial charge in [0.1, 0.15) is 29.7 Å². The molecule has 8 nitrogen and oxygen atoms in total. The molecule has 37 heavy (non-hydrogen) atoms. The molecule has 8 heteroatoms. The van der Waals surface area contributed by atoms with Crippen LogP contribution in [-0.2, 0) is 11.4 Å².